The average Bonchev–Trinajstić information content (AvgIpc) is 1.88. The van der Waals surface area contributed by atoms with Crippen LogP contribution >= 0.6 is 22.5 Å². The summed E-state index contributed by atoms with van der Waals surface area (Å²) in [6.07, 6.45) is 1.66. The van der Waals surface area contributed by atoms with Crippen molar-refractivity contribution >= 4 is 28.4 Å². The highest BCUT2D eigenvalue weighted by Crippen LogP contribution is 2.22. The molecule has 5 heteroatoms. The average molecular weight is 173 g/mol. The van der Waals surface area contributed by atoms with Gasteiger partial charge in [0.15, 0.2) is 0 Å². The lowest BCUT2D eigenvalue weighted by Crippen LogP contribution is -1.96. The molecule has 0 radical (unpaired) electrons. The van der Waals surface area contributed by atoms with Gasteiger partial charge in [-0.3, -0.25) is 0 Å². The van der Waals surface area contributed by atoms with Crippen LogP contribution in [0.3, 0.4) is 0 Å². The highest BCUT2D eigenvalue weighted by molar-refractivity contribution is 8.68. The molecule has 0 aliphatic carbocycles. The summed E-state index contributed by atoms with van der Waals surface area (Å²) >= 11 is 4.01. The minimum Gasteiger partial charge on any atom is -0.368 e. The van der Waals surface area contributed by atoms with Gasteiger partial charge in [0.25, 0.3) is 0 Å². The SMILES string of the molecule is Cc1nc(N)ncc1SS. The Kier molecular flexibility index (Phi) is 2.39. The topological polar surface area (TPSA) is 51.8 Å². The molecule has 0 aliphatic rings. The number of nitrogen functional groups attached to an aromatic ring is 1. The molecule has 2 N–H and O–H groups in total. The maximum Gasteiger partial charge on any atom is 0.220 e. The van der Waals surface area contributed by atoms with Crippen LogP contribution < -0.4 is 5.73 Å². The normalized spacial score (nSPS) is 9.80. The Labute approximate surface area is 68.3 Å². The minimum atomic E-state index is 0.309. The minimum absolute atomic E-state index is 0.309. The molecule has 0 bridgehead atoms. The van der Waals surface area contributed by atoms with Crippen LogP contribution in [-0.2, 0) is 0 Å². The fourth-order valence-electron chi connectivity index (χ4n) is 0.564. The first kappa shape index (κ1) is 7.68. The van der Waals surface area contributed by atoms with Crippen molar-refractivity contribution in [2.75, 3.05) is 5.73 Å². The second-order valence-corrected chi connectivity index (χ2v) is 2.94. The van der Waals surface area contributed by atoms with Gasteiger partial charge in [-0.15, -0.1) is 11.7 Å². The van der Waals surface area contributed by atoms with Gasteiger partial charge in [0.2, 0.25) is 5.95 Å². The van der Waals surface area contributed by atoms with Gasteiger partial charge in [0.05, 0.1) is 10.6 Å². The summed E-state index contributed by atoms with van der Waals surface area (Å²) < 4.78 is 0. The number of hydrogen-bond acceptors (Lipinski definition) is 5. The smallest absolute Gasteiger partial charge is 0.220 e. The predicted molar refractivity (Wildman–Crippen MR) is 46.0 cm³/mol. The lowest BCUT2D eigenvalue weighted by molar-refractivity contribution is 1.04. The van der Waals surface area contributed by atoms with E-state index in [-0.39, 0.29) is 0 Å². The maximum absolute atomic E-state index is 5.33. The molecule has 1 rings (SSSR count). The molecule has 0 aromatic carbocycles. The van der Waals surface area contributed by atoms with Crippen molar-refractivity contribution in [3.63, 3.8) is 0 Å². The van der Waals surface area contributed by atoms with Gasteiger partial charge in [0, 0.05) is 6.20 Å². The van der Waals surface area contributed by atoms with E-state index in [0.717, 1.165) is 10.6 Å². The second kappa shape index (κ2) is 3.12. The van der Waals surface area contributed by atoms with Crippen molar-refractivity contribution in [3.05, 3.63) is 11.9 Å². The predicted octanol–water partition coefficient (Wildman–Crippen LogP) is 1.30. The molecule has 0 fully saturated rings. The summed E-state index contributed by atoms with van der Waals surface area (Å²) in [4.78, 5) is 8.69. The lowest BCUT2D eigenvalue weighted by Gasteiger charge is -1.98. The Morgan fingerprint density at radius 3 is 2.90 bits per heavy atom. The fourth-order valence-corrected chi connectivity index (χ4v) is 1.38. The number of rotatable bonds is 1. The highest BCUT2D eigenvalue weighted by atomic mass is 33.1. The molecule has 0 saturated heterocycles. The van der Waals surface area contributed by atoms with Gasteiger partial charge < -0.3 is 5.73 Å². The first-order chi connectivity index (χ1) is 4.74. The van der Waals surface area contributed by atoms with Crippen LogP contribution in [0.1, 0.15) is 5.69 Å². The second-order valence-electron chi connectivity index (χ2n) is 1.77. The molecule has 54 valence electrons. The van der Waals surface area contributed by atoms with Crippen molar-refractivity contribution in [2.45, 2.75) is 11.8 Å². The number of nitrogens with zero attached hydrogens (tertiary/aromatic N) is 2. The molecular weight excluding hydrogens is 166 g/mol. The van der Waals surface area contributed by atoms with Crippen LogP contribution in [0.4, 0.5) is 5.95 Å². The molecule has 1 aromatic heterocycles. The van der Waals surface area contributed by atoms with Crippen LogP contribution in [0.25, 0.3) is 0 Å². The van der Waals surface area contributed by atoms with Crippen molar-refractivity contribution in [3.8, 4) is 0 Å². The largest absolute Gasteiger partial charge is 0.368 e. The maximum atomic E-state index is 5.33. The molecule has 0 atom stereocenters. The van der Waals surface area contributed by atoms with E-state index in [1.165, 1.54) is 10.8 Å². The van der Waals surface area contributed by atoms with Crippen LogP contribution in [-0.4, -0.2) is 9.97 Å². The van der Waals surface area contributed by atoms with Gasteiger partial charge in [-0.2, -0.15) is 0 Å². The van der Waals surface area contributed by atoms with Crippen LogP contribution in [0, 0.1) is 6.92 Å². The Bertz CT molecular complexity index is 238. The summed E-state index contributed by atoms with van der Waals surface area (Å²) in [5.74, 6) is 0.309. The fraction of sp³-hybridized carbons (Fsp3) is 0.200. The van der Waals surface area contributed by atoms with Gasteiger partial charge in [-0.25, -0.2) is 9.97 Å². The first-order valence-corrected chi connectivity index (χ1v) is 4.51. The van der Waals surface area contributed by atoms with Gasteiger partial charge in [-0.05, 0) is 6.92 Å². The van der Waals surface area contributed by atoms with Crippen LogP contribution in [0.15, 0.2) is 11.1 Å². The first-order valence-electron chi connectivity index (χ1n) is 2.64. The van der Waals surface area contributed by atoms with Crippen molar-refractivity contribution in [2.24, 2.45) is 0 Å². The summed E-state index contributed by atoms with van der Waals surface area (Å²) in [7, 11) is 1.32. The van der Waals surface area contributed by atoms with E-state index >= 15 is 0 Å². The number of aryl methyl sites for hydroxylation is 1. The third-order valence-corrected chi connectivity index (χ3v) is 2.24. The lowest BCUT2D eigenvalue weighted by atomic mass is 10.5. The van der Waals surface area contributed by atoms with E-state index in [0.29, 0.717) is 5.95 Å². The van der Waals surface area contributed by atoms with Crippen molar-refractivity contribution in [1.82, 2.24) is 9.97 Å². The molecular formula is C5H7N3S2. The third kappa shape index (κ3) is 1.54. The molecule has 0 saturated carbocycles. The van der Waals surface area contributed by atoms with E-state index in [1.54, 1.807) is 6.20 Å². The summed E-state index contributed by atoms with van der Waals surface area (Å²) in [5.41, 5.74) is 6.19. The Hall–Kier alpha value is -0.420. The van der Waals surface area contributed by atoms with Crippen LogP contribution in [0.2, 0.25) is 0 Å². The number of aromatic nitrogens is 2. The molecule has 0 amide bonds. The standard InChI is InChI=1S/C5H7N3S2/c1-3-4(10-9)2-7-5(6)8-3/h2,9H,1H3,(H2,6,7,8). The van der Waals surface area contributed by atoms with Gasteiger partial charge >= 0.3 is 0 Å². The number of hydrogen-bond donors (Lipinski definition) is 2. The van der Waals surface area contributed by atoms with E-state index in [4.69, 9.17) is 5.73 Å². The summed E-state index contributed by atoms with van der Waals surface area (Å²) in [6, 6.07) is 0. The molecule has 10 heavy (non-hydrogen) atoms. The van der Waals surface area contributed by atoms with Crippen molar-refractivity contribution < 1.29 is 0 Å². The zero-order valence-electron chi connectivity index (χ0n) is 5.40. The van der Waals surface area contributed by atoms with Crippen molar-refractivity contribution in [1.29, 1.82) is 0 Å². The van der Waals surface area contributed by atoms with Gasteiger partial charge in [-0.1, -0.05) is 10.8 Å². The molecule has 0 spiro atoms. The highest BCUT2D eigenvalue weighted by Gasteiger charge is 1.98. The van der Waals surface area contributed by atoms with E-state index in [1.807, 2.05) is 6.92 Å². The summed E-state index contributed by atoms with van der Waals surface area (Å²) in [6.45, 7) is 1.87. The molecule has 1 aromatic rings. The Morgan fingerprint density at radius 2 is 2.40 bits per heavy atom. The van der Waals surface area contributed by atoms with Crippen LogP contribution in [0.5, 0.6) is 0 Å². The Balaban J connectivity index is 3.07. The molecule has 1 heterocycles. The molecule has 0 aliphatic heterocycles. The number of thiol groups is 1. The number of anilines is 1. The molecule has 0 unspecified atom stereocenters. The monoisotopic (exact) mass is 173 g/mol. The van der Waals surface area contributed by atoms with E-state index in [9.17, 15) is 0 Å². The summed E-state index contributed by atoms with van der Waals surface area (Å²) in [5, 5.41) is 0. The Morgan fingerprint density at radius 1 is 1.70 bits per heavy atom. The molecule has 3 nitrogen and oxygen atoms in total. The van der Waals surface area contributed by atoms with E-state index in [2.05, 4.69) is 21.6 Å². The van der Waals surface area contributed by atoms with E-state index < -0.39 is 0 Å². The third-order valence-electron chi connectivity index (χ3n) is 1.05. The van der Waals surface area contributed by atoms with Gasteiger partial charge in [0.1, 0.15) is 0 Å². The number of nitrogens with two attached hydrogens (primary N) is 1. The zero-order valence-corrected chi connectivity index (χ0v) is 7.12. The quantitative estimate of drug-likeness (QED) is 0.496. The zero-order chi connectivity index (χ0) is 7.56.